The highest BCUT2D eigenvalue weighted by atomic mass is 16.1. The lowest BCUT2D eigenvalue weighted by molar-refractivity contribution is -0.116. The van der Waals surface area contributed by atoms with Crippen LogP contribution in [0.1, 0.15) is 42.7 Å². The molecule has 1 fully saturated rings. The van der Waals surface area contributed by atoms with Crippen LogP contribution in [0.3, 0.4) is 0 Å². The van der Waals surface area contributed by atoms with Crippen molar-refractivity contribution < 1.29 is 4.79 Å². The van der Waals surface area contributed by atoms with Gasteiger partial charge in [-0.2, -0.15) is 0 Å². The number of nitrogens with zero attached hydrogens (tertiary/aromatic N) is 1. The van der Waals surface area contributed by atoms with Crippen LogP contribution >= 0.6 is 0 Å². The van der Waals surface area contributed by atoms with Crippen molar-refractivity contribution in [2.24, 2.45) is 0 Å². The quantitative estimate of drug-likeness (QED) is 0.871. The molecule has 0 radical (unpaired) electrons. The van der Waals surface area contributed by atoms with Gasteiger partial charge in [-0.05, 0) is 54.9 Å². The molecule has 1 aliphatic carbocycles. The highest BCUT2D eigenvalue weighted by molar-refractivity contribution is 5.90. The Kier molecular flexibility index (Phi) is 4.29. The Morgan fingerprint density at radius 1 is 1.19 bits per heavy atom. The molecule has 1 aromatic carbocycles. The number of nitrogens with one attached hydrogen (secondary N) is 1. The van der Waals surface area contributed by atoms with Crippen LogP contribution in [-0.4, -0.2) is 10.9 Å². The molecule has 1 N–H and O–H groups in total. The fourth-order valence-electron chi connectivity index (χ4n) is 2.49. The third kappa shape index (κ3) is 4.15. The molecule has 21 heavy (non-hydrogen) atoms. The van der Waals surface area contributed by atoms with Gasteiger partial charge >= 0.3 is 0 Å². The van der Waals surface area contributed by atoms with Gasteiger partial charge in [-0.1, -0.05) is 24.3 Å². The van der Waals surface area contributed by atoms with Gasteiger partial charge in [0.15, 0.2) is 0 Å². The van der Waals surface area contributed by atoms with E-state index < -0.39 is 0 Å². The number of aryl methyl sites for hydroxylation is 1. The molecule has 0 aliphatic heterocycles. The number of benzene rings is 1. The molecule has 0 spiro atoms. The third-order valence-corrected chi connectivity index (χ3v) is 3.84. The highest BCUT2D eigenvalue weighted by Gasteiger charge is 2.22. The SMILES string of the molecule is O=C(CCCc1ccc(C2CC2)cc1)Nc1cccnc1. The number of amides is 1. The van der Waals surface area contributed by atoms with Crippen molar-refractivity contribution in [2.75, 3.05) is 5.32 Å². The summed E-state index contributed by atoms with van der Waals surface area (Å²) in [6.07, 6.45) is 8.40. The maximum atomic E-state index is 11.8. The van der Waals surface area contributed by atoms with E-state index in [9.17, 15) is 4.79 Å². The molecule has 1 aromatic heterocycles. The second-order valence-corrected chi connectivity index (χ2v) is 5.66. The van der Waals surface area contributed by atoms with Crippen LogP contribution in [0, 0.1) is 0 Å². The normalized spacial score (nSPS) is 13.9. The average molecular weight is 280 g/mol. The molecule has 0 bridgehead atoms. The molecule has 0 unspecified atom stereocenters. The van der Waals surface area contributed by atoms with Gasteiger partial charge in [0, 0.05) is 12.6 Å². The summed E-state index contributed by atoms with van der Waals surface area (Å²) in [6, 6.07) is 12.5. The van der Waals surface area contributed by atoms with E-state index in [0.717, 1.165) is 24.4 Å². The van der Waals surface area contributed by atoms with Crippen molar-refractivity contribution in [3.05, 3.63) is 59.9 Å². The molecule has 0 atom stereocenters. The summed E-state index contributed by atoms with van der Waals surface area (Å²) in [4.78, 5) is 15.8. The number of rotatable bonds is 6. The Bertz CT molecular complexity index is 588. The summed E-state index contributed by atoms with van der Waals surface area (Å²) in [7, 11) is 0. The van der Waals surface area contributed by atoms with E-state index in [0.29, 0.717) is 6.42 Å². The first-order valence-corrected chi connectivity index (χ1v) is 7.60. The lowest BCUT2D eigenvalue weighted by Gasteiger charge is -2.05. The topological polar surface area (TPSA) is 42.0 Å². The largest absolute Gasteiger partial charge is 0.325 e. The minimum absolute atomic E-state index is 0.0533. The molecule has 1 aliphatic rings. The summed E-state index contributed by atoms with van der Waals surface area (Å²) >= 11 is 0. The first-order chi connectivity index (χ1) is 10.3. The lowest BCUT2D eigenvalue weighted by Crippen LogP contribution is -2.11. The number of hydrogen-bond acceptors (Lipinski definition) is 2. The van der Waals surface area contributed by atoms with Crippen LogP contribution in [0.4, 0.5) is 5.69 Å². The van der Waals surface area contributed by atoms with E-state index >= 15 is 0 Å². The molecule has 3 rings (SSSR count). The molecular weight excluding hydrogens is 260 g/mol. The van der Waals surface area contributed by atoms with Gasteiger partial charge in [0.25, 0.3) is 0 Å². The number of carbonyl (C=O) groups is 1. The molecule has 3 nitrogen and oxygen atoms in total. The van der Waals surface area contributed by atoms with Gasteiger partial charge in [-0.15, -0.1) is 0 Å². The second kappa shape index (κ2) is 6.53. The van der Waals surface area contributed by atoms with Crippen molar-refractivity contribution in [1.82, 2.24) is 4.98 Å². The Balaban J connectivity index is 1.41. The number of anilines is 1. The fourth-order valence-corrected chi connectivity index (χ4v) is 2.49. The zero-order valence-corrected chi connectivity index (χ0v) is 12.1. The molecule has 1 saturated carbocycles. The average Bonchev–Trinajstić information content (AvgIpc) is 3.34. The highest BCUT2D eigenvalue weighted by Crippen LogP contribution is 2.39. The van der Waals surface area contributed by atoms with E-state index in [1.54, 1.807) is 12.4 Å². The Morgan fingerprint density at radius 3 is 2.67 bits per heavy atom. The first kappa shape index (κ1) is 13.8. The number of carbonyl (C=O) groups excluding carboxylic acids is 1. The Hall–Kier alpha value is -2.16. The van der Waals surface area contributed by atoms with Gasteiger partial charge in [-0.3, -0.25) is 9.78 Å². The monoisotopic (exact) mass is 280 g/mol. The zero-order valence-electron chi connectivity index (χ0n) is 12.1. The predicted molar refractivity (Wildman–Crippen MR) is 84.2 cm³/mol. The molecule has 0 saturated heterocycles. The fraction of sp³-hybridized carbons (Fsp3) is 0.333. The van der Waals surface area contributed by atoms with Crippen molar-refractivity contribution in [3.63, 3.8) is 0 Å². The van der Waals surface area contributed by atoms with Crippen LogP contribution in [0.25, 0.3) is 0 Å². The van der Waals surface area contributed by atoms with Gasteiger partial charge in [0.05, 0.1) is 11.9 Å². The van der Waals surface area contributed by atoms with Crippen LogP contribution in [-0.2, 0) is 11.2 Å². The van der Waals surface area contributed by atoms with Gasteiger partial charge in [0.2, 0.25) is 5.91 Å². The zero-order chi connectivity index (χ0) is 14.5. The van der Waals surface area contributed by atoms with Crippen LogP contribution in [0.5, 0.6) is 0 Å². The van der Waals surface area contributed by atoms with E-state index in [2.05, 4.69) is 34.6 Å². The summed E-state index contributed by atoms with van der Waals surface area (Å²) in [5, 5.41) is 2.86. The Morgan fingerprint density at radius 2 is 2.00 bits per heavy atom. The Labute approximate surface area is 125 Å². The van der Waals surface area contributed by atoms with E-state index in [1.165, 1.54) is 24.0 Å². The van der Waals surface area contributed by atoms with Crippen molar-refractivity contribution >= 4 is 11.6 Å². The number of aromatic nitrogens is 1. The van der Waals surface area contributed by atoms with Crippen LogP contribution < -0.4 is 5.32 Å². The second-order valence-electron chi connectivity index (χ2n) is 5.66. The summed E-state index contributed by atoms with van der Waals surface area (Å²) in [5.74, 6) is 0.863. The summed E-state index contributed by atoms with van der Waals surface area (Å²) in [5.41, 5.74) is 3.54. The molecule has 1 amide bonds. The standard InChI is InChI=1S/C18H20N2O/c21-18(20-17-4-2-12-19-13-17)5-1-3-14-6-8-15(9-7-14)16-10-11-16/h2,4,6-9,12-13,16H,1,3,5,10-11H2,(H,20,21). The van der Waals surface area contributed by atoms with Crippen LogP contribution in [0.15, 0.2) is 48.8 Å². The summed E-state index contributed by atoms with van der Waals surface area (Å²) < 4.78 is 0. The molecule has 108 valence electrons. The van der Waals surface area contributed by atoms with Crippen LogP contribution in [0.2, 0.25) is 0 Å². The first-order valence-electron chi connectivity index (χ1n) is 7.60. The molecule has 3 heteroatoms. The predicted octanol–water partition coefficient (Wildman–Crippen LogP) is 3.92. The number of hydrogen-bond donors (Lipinski definition) is 1. The van der Waals surface area contributed by atoms with E-state index in [4.69, 9.17) is 0 Å². The lowest BCUT2D eigenvalue weighted by atomic mass is 10.0. The minimum atomic E-state index is 0.0533. The van der Waals surface area contributed by atoms with E-state index in [-0.39, 0.29) is 5.91 Å². The number of pyridine rings is 1. The molecule has 1 heterocycles. The maximum absolute atomic E-state index is 11.8. The smallest absolute Gasteiger partial charge is 0.224 e. The van der Waals surface area contributed by atoms with Crippen molar-refractivity contribution in [2.45, 2.75) is 38.0 Å². The van der Waals surface area contributed by atoms with Gasteiger partial charge in [-0.25, -0.2) is 0 Å². The maximum Gasteiger partial charge on any atom is 0.224 e. The van der Waals surface area contributed by atoms with Gasteiger partial charge in [0.1, 0.15) is 0 Å². The summed E-state index contributed by atoms with van der Waals surface area (Å²) in [6.45, 7) is 0. The molecular formula is C18H20N2O. The van der Waals surface area contributed by atoms with Crippen molar-refractivity contribution in [3.8, 4) is 0 Å². The third-order valence-electron chi connectivity index (χ3n) is 3.84. The molecule has 2 aromatic rings. The minimum Gasteiger partial charge on any atom is -0.325 e. The van der Waals surface area contributed by atoms with E-state index in [1.807, 2.05) is 12.1 Å². The van der Waals surface area contributed by atoms with Crippen molar-refractivity contribution in [1.29, 1.82) is 0 Å². The van der Waals surface area contributed by atoms with Gasteiger partial charge < -0.3 is 5.32 Å².